The summed E-state index contributed by atoms with van der Waals surface area (Å²) in [6.07, 6.45) is -3.13. The molecule has 1 heterocycles. The number of amides is 1. The number of nitrogens with one attached hydrogen (secondary N) is 2. The Kier molecular flexibility index (Phi) is 5.12. The summed E-state index contributed by atoms with van der Waals surface area (Å²) >= 11 is 0. The summed E-state index contributed by atoms with van der Waals surface area (Å²) in [4.78, 5) is 16.5. The Labute approximate surface area is 154 Å². The topological polar surface area (TPSA) is 54.0 Å². The molecule has 0 atom stereocenters. The van der Waals surface area contributed by atoms with Gasteiger partial charge in [-0.25, -0.2) is 4.98 Å². The molecule has 0 spiro atoms. The van der Waals surface area contributed by atoms with Crippen molar-refractivity contribution in [2.45, 2.75) is 13.1 Å². The predicted molar refractivity (Wildman–Crippen MR) is 98.1 cm³/mol. The van der Waals surface area contributed by atoms with Gasteiger partial charge in [-0.1, -0.05) is 30.3 Å². The SMILES string of the molecule is Cc1ccccc1NC(=O)c1ccnc(Nc2ccccc2C(F)(F)F)c1. The normalized spacial score (nSPS) is 11.1. The van der Waals surface area contributed by atoms with Gasteiger partial charge in [0, 0.05) is 17.4 Å². The van der Waals surface area contributed by atoms with Gasteiger partial charge in [0.25, 0.3) is 5.91 Å². The molecule has 2 N–H and O–H groups in total. The van der Waals surface area contributed by atoms with Gasteiger partial charge in [0.1, 0.15) is 5.82 Å². The largest absolute Gasteiger partial charge is 0.418 e. The summed E-state index contributed by atoms with van der Waals surface area (Å²) < 4.78 is 39.3. The number of pyridine rings is 1. The Hall–Kier alpha value is -3.35. The predicted octanol–water partition coefficient (Wildman–Crippen LogP) is 5.40. The summed E-state index contributed by atoms with van der Waals surface area (Å²) in [5.74, 6) is -0.233. The maximum Gasteiger partial charge on any atom is 0.418 e. The van der Waals surface area contributed by atoms with Crippen LogP contribution < -0.4 is 10.6 Å². The van der Waals surface area contributed by atoms with E-state index in [-0.39, 0.29) is 23.0 Å². The van der Waals surface area contributed by atoms with Crippen molar-refractivity contribution < 1.29 is 18.0 Å². The molecular formula is C20H16F3N3O. The number of benzene rings is 2. The van der Waals surface area contributed by atoms with Gasteiger partial charge in [0.2, 0.25) is 0 Å². The molecule has 3 rings (SSSR count). The second kappa shape index (κ2) is 7.49. The third kappa shape index (κ3) is 4.44. The molecule has 3 aromatic rings. The van der Waals surface area contributed by atoms with Gasteiger partial charge >= 0.3 is 6.18 Å². The first-order valence-corrected chi connectivity index (χ1v) is 8.11. The number of nitrogens with zero attached hydrogens (tertiary/aromatic N) is 1. The van der Waals surface area contributed by atoms with Crippen molar-refractivity contribution in [1.29, 1.82) is 0 Å². The van der Waals surface area contributed by atoms with Crippen molar-refractivity contribution in [3.63, 3.8) is 0 Å². The minimum absolute atomic E-state index is 0.131. The highest BCUT2D eigenvalue weighted by Gasteiger charge is 2.33. The van der Waals surface area contributed by atoms with E-state index in [4.69, 9.17) is 0 Å². The number of hydrogen-bond donors (Lipinski definition) is 2. The minimum Gasteiger partial charge on any atom is -0.340 e. The van der Waals surface area contributed by atoms with E-state index in [2.05, 4.69) is 15.6 Å². The van der Waals surface area contributed by atoms with Crippen molar-refractivity contribution in [3.05, 3.63) is 83.6 Å². The zero-order chi connectivity index (χ0) is 19.4. The van der Waals surface area contributed by atoms with Gasteiger partial charge in [0.05, 0.1) is 11.3 Å². The highest BCUT2D eigenvalue weighted by Crippen LogP contribution is 2.35. The second-order valence-corrected chi connectivity index (χ2v) is 5.87. The molecule has 1 aromatic heterocycles. The number of carbonyl (C=O) groups excluding carboxylic acids is 1. The number of hydrogen-bond acceptors (Lipinski definition) is 3. The van der Waals surface area contributed by atoms with Gasteiger partial charge in [0.15, 0.2) is 0 Å². The van der Waals surface area contributed by atoms with Crippen molar-refractivity contribution in [3.8, 4) is 0 Å². The first-order valence-electron chi connectivity index (χ1n) is 8.11. The molecular weight excluding hydrogens is 355 g/mol. The fraction of sp³-hybridized carbons (Fsp3) is 0.100. The highest BCUT2D eigenvalue weighted by molar-refractivity contribution is 6.05. The Bertz CT molecular complexity index is 970. The summed E-state index contributed by atoms with van der Waals surface area (Å²) in [7, 11) is 0. The lowest BCUT2D eigenvalue weighted by Gasteiger charge is -2.14. The van der Waals surface area contributed by atoms with Crippen LogP contribution in [0.15, 0.2) is 66.9 Å². The molecule has 0 fully saturated rings. The third-order valence-corrected chi connectivity index (χ3v) is 3.91. The van der Waals surface area contributed by atoms with Crippen LogP contribution in [0.1, 0.15) is 21.5 Å². The number of anilines is 3. The maximum absolute atomic E-state index is 13.1. The Balaban J connectivity index is 1.83. The zero-order valence-corrected chi connectivity index (χ0v) is 14.3. The van der Waals surface area contributed by atoms with Gasteiger partial charge < -0.3 is 10.6 Å². The van der Waals surface area contributed by atoms with E-state index in [0.29, 0.717) is 5.69 Å². The molecule has 27 heavy (non-hydrogen) atoms. The Morgan fingerprint density at radius 2 is 1.63 bits per heavy atom. The van der Waals surface area contributed by atoms with E-state index in [1.165, 1.54) is 36.5 Å². The number of halogens is 3. The minimum atomic E-state index is -4.50. The molecule has 2 aromatic carbocycles. The second-order valence-electron chi connectivity index (χ2n) is 5.87. The molecule has 0 unspecified atom stereocenters. The van der Waals surface area contributed by atoms with Crippen LogP contribution in [0.4, 0.5) is 30.4 Å². The van der Waals surface area contributed by atoms with Gasteiger partial charge in [-0.05, 0) is 42.8 Å². The molecule has 0 bridgehead atoms. The molecule has 0 radical (unpaired) electrons. The molecule has 4 nitrogen and oxygen atoms in total. The maximum atomic E-state index is 13.1. The fourth-order valence-electron chi connectivity index (χ4n) is 2.53. The molecule has 0 aliphatic rings. The van der Waals surface area contributed by atoms with Crippen molar-refractivity contribution >= 4 is 23.1 Å². The monoisotopic (exact) mass is 371 g/mol. The Morgan fingerprint density at radius 3 is 2.33 bits per heavy atom. The van der Waals surface area contributed by atoms with Gasteiger partial charge in [-0.3, -0.25) is 4.79 Å². The first-order chi connectivity index (χ1) is 12.8. The summed E-state index contributed by atoms with van der Waals surface area (Å²) in [5.41, 5.74) is 0.907. The summed E-state index contributed by atoms with van der Waals surface area (Å²) in [5, 5.41) is 5.42. The van der Waals surface area contributed by atoms with E-state index in [9.17, 15) is 18.0 Å². The van der Waals surface area contributed by atoms with Crippen LogP contribution in [0.3, 0.4) is 0 Å². The average Bonchev–Trinajstić information content (AvgIpc) is 2.63. The number of rotatable bonds is 4. The van der Waals surface area contributed by atoms with Gasteiger partial charge in [-0.15, -0.1) is 0 Å². The van der Waals surface area contributed by atoms with Crippen LogP contribution in [0.25, 0.3) is 0 Å². The van der Waals surface area contributed by atoms with Crippen molar-refractivity contribution in [1.82, 2.24) is 4.98 Å². The van der Waals surface area contributed by atoms with E-state index in [1.807, 2.05) is 19.1 Å². The fourth-order valence-corrected chi connectivity index (χ4v) is 2.53. The number of carbonyl (C=O) groups is 1. The molecule has 0 saturated carbocycles. The third-order valence-electron chi connectivity index (χ3n) is 3.91. The van der Waals surface area contributed by atoms with Crippen LogP contribution in [0.5, 0.6) is 0 Å². The lowest BCUT2D eigenvalue weighted by Crippen LogP contribution is -2.13. The molecule has 1 amide bonds. The lowest BCUT2D eigenvalue weighted by atomic mass is 10.1. The smallest absolute Gasteiger partial charge is 0.340 e. The number of aryl methyl sites for hydroxylation is 1. The van der Waals surface area contributed by atoms with Crippen molar-refractivity contribution in [2.75, 3.05) is 10.6 Å². The zero-order valence-electron chi connectivity index (χ0n) is 14.3. The van der Waals surface area contributed by atoms with Gasteiger partial charge in [-0.2, -0.15) is 13.2 Å². The van der Waals surface area contributed by atoms with Crippen LogP contribution >= 0.6 is 0 Å². The molecule has 0 aliphatic carbocycles. The van der Waals surface area contributed by atoms with Crippen LogP contribution in [-0.4, -0.2) is 10.9 Å². The molecule has 0 saturated heterocycles. The van der Waals surface area contributed by atoms with Crippen LogP contribution in [0, 0.1) is 6.92 Å². The van der Waals surface area contributed by atoms with E-state index in [0.717, 1.165) is 11.6 Å². The van der Waals surface area contributed by atoms with Crippen LogP contribution in [0.2, 0.25) is 0 Å². The lowest BCUT2D eigenvalue weighted by molar-refractivity contribution is -0.136. The molecule has 138 valence electrons. The van der Waals surface area contributed by atoms with E-state index >= 15 is 0 Å². The first kappa shape index (κ1) is 18.4. The van der Waals surface area contributed by atoms with Crippen molar-refractivity contribution in [2.24, 2.45) is 0 Å². The average molecular weight is 371 g/mol. The summed E-state index contributed by atoms with van der Waals surface area (Å²) in [6.45, 7) is 1.86. The number of aromatic nitrogens is 1. The number of alkyl halides is 3. The quantitative estimate of drug-likeness (QED) is 0.645. The van der Waals surface area contributed by atoms with Crippen LogP contribution in [-0.2, 0) is 6.18 Å². The number of para-hydroxylation sites is 2. The molecule has 7 heteroatoms. The molecule has 0 aliphatic heterocycles. The summed E-state index contributed by atoms with van der Waals surface area (Å²) in [6, 6.07) is 15.3. The standard InChI is InChI=1S/C20H16F3N3O/c1-13-6-2-4-8-16(13)26-19(27)14-10-11-24-18(12-14)25-17-9-5-3-7-15(17)20(21,22)23/h2-12H,1H3,(H,24,25)(H,26,27). The van der Waals surface area contributed by atoms with E-state index in [1.54, 1.807) is 12.1 Å². The van der Waals surface area contributed by atoms with E-state index < -0.39 is 11.7 Å². The highest BCUT2D eigenvalue weighted by atomic mass is 19.4. The Morgan fingerprint density at radius 1 is 0.963 bits per heavy atom.